The van der Waals surface area contributed by atoms with E-state index in [4.69, 9.17) is 10.5 Å². The van der Waals surface area contributed by atoms with Crippen molar-refractivity contribution in [2.75, 3.05) is 13.7 Å². The van der Waals surface area contributed by atoms with Crippen molar-refractivity contribution in [3.8, 4) is 5.75 Å². The van der Waals surface area contributed by atoms with E-state index in [9.17, 15) is 4.79 Å². The molecule has 0 radical (unpaired) electrons. The lowest BCUT2D eigenvalue weighted by molar-refractivity contribution is 0.0918. The molecule has 0 aliphatic heterocycles. The van der Waals surface area contributed by atoms with Crippen LogP contribution in [0.15, 0.2) is 6.20 Å². The summed E-state index contributed by atoms with van der Waals surface area (Å²) < 4.78 is 6.82. The number of hydrogen-bond donors (Lipinski definition) is 1. The average Bonchev–Trinajstić information content (AvgIpc) is 2.70. The number of carbonyl (C=O) groups is 1. The summed E-state index contributed by atoms with van der Waals surface area (Å²) in [5, 5.41) is 4.15. The van der Waals surface area contributed by atoms with Gasteiger partial charge in [-0.1, -0.05) is 6.92 Å². The Morgan fingerprint density at radius 2 is 2.19 bits per heavy atom. The Labute approximate surface area is 95.6 Å². The summed E-state index contributed by atoms with van der Waals surface area (Å²) in [5.41, 5.74) is 6.02. The molecule has 2 N–H and O–H groups in total. The molecule has 1 heterocycles. The zero-order valence-corrected chi connectivity index (χ0v) is 10.2. The van der Waals surface area contributed by atoms with Crippen molar-refractivity contribution in [3.63, 3.8) is 0 Å². The molecule has 0 aliphatic rings. The molecule has 1 unspecified atom stereocenters. The molecule has 0 spiro atoms. The fraction of sp³-hybridized carbons (Fsp3) is 0.636. The van der Waals surface area contributed by atoms with Crippen LogP contribution in [-0.2, 0) is 0 Å². The Balaban J connectivity index is 3.17. The topological polar surface area (TPSA) is 70.1 Å². The molecule has 0 bridgehead atoms. The van der Waals surface area contributed by atoms with Gasteiger partial charge in [0.05, 0.1) is 13.3 Å². The van der Waals surface area contributed by atoms with E-state index in [-0.39, 0.29) is 17.7 Å². The van der Waals surface area contributed by atoms with E-state index in [1.54, 1.807) is 17.8 Å². The van der Waals surface area contributed by atoms with Crippen LogP contribution >= 0.6 is 0 Å². The molecule has 1 atom stereocenters. The Hall–Kier alpha value is -1.36. The highest BCUT2D eigenvalue weighted by Gasteiger charge is 2.24. The van der Waals surface area contributed by atoms with Crippen molar-refractivity contribution in [1.82, 2.24) is 9.78 Å². The van der Waals surface area contributed by atoms with Crippen molar-refractivity contribution in [1.29, 1.82) is 0 Å². The second-order valence-electron chi connectivity index (χ2n) is 4.10. The lowest BCUT2D eigenvalue weighted by atomic mass is 10.0. The minimum atomic E-state index is -0.219. The smallest absolute Gasteiger partial charge is 0.188 e. The Bertz CT molecular complexity index is 371. The summed E-state index contributed by atoms with van der Waals surface area (Å²) >= 11 is 0. The third kappa shape index (κ3) is 2.24. The molecule has 1 rings (SSSR count). The molecule has 90 valence electrons. The van der Waals surface area contributed by atoms with E-state index < -0.39 is 0 Å². The third-order valence-corrected chi connectivity index (χ3v) is 2.51. The van der Waals surface area contributed by atoms with Crippen LogP contribution in [0.1, 0.15) is 37.3 Å². The van der Waals surface area contributed by atoms with Crippen LogP contribution in [0.3, 0.4) is 0 Å². The number of ketones is 1. The van der Waals surface area contributed by atoms with E-state index in [0.717, 1.165) is 0 Å². The van der Waals surface area contributed by atoms with E-state index in [2.05, 4.69) is 5.10 Å². The number of methoxy groups -OCH3 is 1. The van der Waals surface area contributed by atoms with E-state index in [0.29, 0.717) is 18.0 Å². The van der Waals surface area contributed by atoms with Gasteiger partial charge in [0.25, 0.3) is 0 Å². The van der Waals surface area contributed by atoms with Crippen LogP contribution in [0.5, 0.6) is 5.75 Å². The number of aromatic nitrogens is 2. The molecule has 0 fully saturated rings. The molecular weight excluding hydrogens is 206 g/mol. The maximum Gasteiger partial charge on any atom is 0.188 e. The lowest BCUT2D eigenvalue weighted by Crippen LogP contribution is -2.24. The van der Waals surface area contributed by atoms with Crippen LogP contribution in [0.2, 0.25) is 0 Å². The fourth-order valence-corrected chi connectivity index (χ4v) is 1.46. The van der Waals surface area contributed by atoms with Gasteiger partial charge in [-0.05, 0) is 13.8 Å². The van der Waals surface area contributed by atoms with Crippen molar-refractivity contribution in [2.45, 2.75) is 26.8 Å². The normalized spacial score (nSPS) is 12.9. The monoisotopic (exact) mass is 225 g/mol. The standard InChI is InChI=1S/C11H19N3O2/c1-7(2)14-10(9(16-4)6-13-14)11(15)8(3)5-12/h6-8H,5,12H2,1-4H3. The molecule has 0 aromatic carbocycles. The van der Waals surface area contributed by atoms with Gasteiger partial charge < -0.3 is 10.5 Å². The SMILES string of the molecule is COc1cnn(C(C)C)c1C(=O)C(C)CN. The molecule has 0 saturated heterocycles. The lowest BCUT2D eigenvalue weighted by Gasteiger charge is -2.13. The van der Waals surface area contributed by atoms with Gasteiger partial charge in [-0.3, -0.25) is 9.48 Å². The minimum absolute atomic E-state index is 0.0226. The number of nitrogens with two attached hydrogens (primary N) is 1. The summed E-state index contributed by atoms with van der Waals surface area (Å²) in [6.07, 6.45) is 1.57. The van der Waals surface area contributed by atoms with Crippen molar-refractivity contribution in [3.05, 3.63) is 11.9 Å². The Morgan fingerprint density at radius 1 is 1.56 bits per heavy atom. The largest absolute Gasteiger partial charge is 0.493 e. The summed E-state index contributed by atoms with van der Waals surface area (Å²) in [7, 11) is 1.53. The highest BCUT2D eigenvalue weighted by Crippen LogP contribution is 2.23. The van der Waals surface area contributed by atoms with E-state index in [1.807, 2.05) is 13.8 Å². The molecular formula is C11H19N3O2. The van der Waals surface area contributed by atoms with Gasteiger partial charge >= 0.3 is 0 Å². The predicted octanol–water partition coefficient (Wildman–Crippen LogP) is 1.25. The summed E-state index contributed by atoms with van der Waals surface area (Å²) in [6, 6.07) is 0.118. The first-order valence-electron chi connectivity index (χ1n) is 5.38. The predicted molar refractivity (Wildman–Crippen MR) is 61.7 cm³/mol. The number of ether oxygens (including phenoxy) is 1. The molecule has 0 aliphatic carbocycles. The maximum absolute atomic E-state index is 12.1. The van der Waals surface area contributed by atoms with Crippen molar-refractivity contribution < 1.29 is 9.53 Å². The Kier molecular flexibility index (Phi) is 4.06. The van der Waals surface area contributed by atoms with Crippen molar-refractivity contribution >= 4 is 5.78 Å². The zero-order valence-electron chi connectivity index (χ0n) is 10.2. The van der Waals surface area contributed by atoms with Gasteiger partial charge in [0, 0.05) is 18.5 Å². The third-order valence-electron chi connectivity index (χ3n) is 2.51. The average molecular weight is 225 g/mol. The van der Waals surface area contributed by atoms with Crippen molar-refractivity contribution in [2.24, 2.45) is 11.7 Å². The number of Topliss-reactive ketones (excluding diaryl/α,β-unsaturated/α-hetero) is 1. The maximum atomic E-state index is 12.1. The molecule has 16 heavy (non-hydrogen) atoms. The fourth-order valence-electron chi connectivity index (χ4n) is 1.46. The number of rotatable bonds is 5. The van der Waals surface area contributed by atoms with Gasteiger partial charge in [0.2, 0.25) is 0 Å². The van der Waals surface area contributed by atoms with Gasteiger partial charge in [0.1, 0.15) is 5.69 Å². The van der Waals surface area contributed by atoms with Crippen LogP contribution in [0.25, 0.3) is 0 Å². The van der Waals surface area contributed by atoms with Crippen LogP contribution in [-0.4, -0.2) is 29.2 Å². The summed E-state index contributed by atoms with van der Waals surface area (Å²) in [6.45, 7) is 6.07. The second-order valence-corrected chi connectivity index (χ2v) is 4.10. The molecule has 5 heteroatoms. The number of hydrogen-bond acceptors (Lipinski definition) is 4. The zero-order chi connectivity index (χ0) is 12.3. The minimum Gasteiger partial charge on any atom is -0.493 e. The highest BCUT2D eigenvalue weighted by molar-refractivity contribution is 5.98. The second kappa shape index (κ2) is 5.12. The van der Waals surface area contributed by atoms with Gasteiger partial charge in [-0.15, -0.1) is 0 Å². The highest BCUT2D eigenvalue weighted by atomic mass is 16.5. The van der Waals surface area contributed by atoms with E-state index >= 15 is 0 Å². The molecule has 1 aromatic heterocycles. The van der Waals surface area contributed by atoms with Gasteiger partial charge in [-0.2, -0.15) is 5.10 Å². The number of carbonyl (C=O) groups excluding carboxylic acids is 1. The van der Waals surface area contributed by atoms with Crippen LogP contribution < -0.4 is 10.5 Å². The first kappa shape index (κ1) is 12.7. The molecule has 0 saturated carbocycles. The quantitative estimate of drug-likeness (QED) is 0.766. The van der Waals surface area contributed by atoms with Gasteiger partial charge in [-0.25, -0.2) is 0 Å². The Morgan fingerprint density at radius 3 is 2.62 bits per heavy atom. The molecule has 0 amide bonds. The van der Waals surface area contributed by atoms with Gasteiger partial charge in [0.15, 0.2) is 11.5 Å². The first-order chi connectivity index (χ1) is 7.52. The van der Waals surface area contributed by atoms with Crippen LogP contribution in [0.4, 0.5) is 0 Å². The number of nitrogens with zero attached hydrogens (tertiary/aromatic N) is 2. The summed E-state index contributed by atoms with van der Waals surface area (Å²) in [4.78, 5) is 12.1. The van der Waals surface area contributed by atoms with Crippen LogP contribution in [0, 0.1) is 5.92 Å². The molecule has 5 nitrogen and oxygen atoms in total. The summed E-state index contributed by atoms with van der Waals surface area (Å²) in [5.74, 6) is 0.271. The first-order valence-corrected chi connectivity index (χ1v) is 5.38. The molecule has 1 aromatic rings. The van der Waals surface area contributed by atoms with E-state index in [1.165, 1.54) is 7.11 Å².